The molecule has 0 bridgehead atoms. The standard InChI is InChI=1S/C32H34FNO8/c1-3-40-32-41-28(29(42-32)31(38)39)30(37)34(19-27(35)36)20(2)24(16-14-21-10-6-4-7-11-21)23-15-17-25(26(33)18-23)22-12-8-5-9-13-22/h4-13,15,17-18,20,24,28-29,32H,3,14,16,19H2,1-2H3,(H,35,36)(H,38,39). The van der Waals surface area contributed by atoms with Crippen LogP contribution in [0.4, 0.5) is 4.39 Å². The summed E-state index contributed by atoms with van der Waals surface area (Å²) in [4.78, 5) is 38.7. The number of carboxylic acid groups (broad SMARTS) is 2. The first-order valence-corrected chi connectivity index (χ1v) is 13.8. The second-order valence-corrected chi connectivity index (χ2v) is 10.0. The van der Waals surface area contributed by atoms with Crippen LogP contribution in [0.5, 0.6) is 0 Å². The minimum Gasteiger partial charge on any atom is -0.480 e. The van der Waals surface area contributed by atoms with Crippen molar-refractivity contribution in [3.63, 3.8) is 0 Å². The van der Waals surface area contributed by atoms with Gasteiger partial charge in [-0.3, -0.25) is 9.59 Å². The van der Waals surface area contributed by atoms with E-state index in [1.54, 1.807) is 38.1 Å². The van der Waals surface area contributed by atoms with Crippen molar-refractivity contribution in [3.05, 3.63) is 95.8 Å². The van der Waals surface area contributed by atoms with Crippen molar-refractivity contribution in [1.82, 2.24) is 4.90 Å². The van der Waals surface area contributed by atoms with Gasteiger partial charge in [0.2, 0.25) is 0 Å². The van der Waals surface area contributed by atoms with E-state index >= 15 is 4.39 Å². The molecular weight excluding hydrogens is 545 g/mol. The van der Waals surface area contributed by atoms with Crippen molar-refractivity contribution < 1.29 is 43.2 Å². The summed E-state index contributed by atoms with van der Waals surface area (Å²) in [5, 5.41) is 19.4. The molecule has 3 aromatic carbocycles. The van der Waals surface area contributed by atoms with E-state index in [4.69, 9.17) is 14.2 Å². The highest BCUT2D eigenvalue weighted by Crippen LogP contribution is 2.34. The van der Waals surface area contributed by atoms with Crippen LogP contribution in [0.1, 0.15) is 37.3 Å². The lowest BCUT2D eigenvalue weighted by Gasteiger charge is -2.36. The van der Waals surface area contributed by atoms with Gasteiger partial charge < -0.3 is 29.3 Å². The number of carbonyl (C=O) groups is 3. The van der Waals surface area contributed by atoms with Gasteiger partial charge in [-0.05, 0) is 49.4 Å². The molecule has 0 aliphatic carbocycles. The van der Waals surface area contributed by atoms with Crippen molar-refractivity contribution in [2.45, 2.75) is 57.3 Å². The molecule has 5 unspecified atom stereocenters. The van der Waals surface area contributed by atoms with Gasteiger partial charge in [0.1, 0.15) is 12.4 Å². The van der Waals surface area contributed by atoms with Crippen LogP contribution in [0, 0.1) is 5.82 Å². The fraction of sp³-hybridized carbons (Fsp3) is 0.344. The molecular formula is C32H34FNO8. The summed E-state index contributed by atoms with van der Waals surface area (Å²) in [5.41, 5.74) is 2.71. The highest BCUT2D eigenvalue weighted by Gasteiger charge is 2.48. The molecule has 1 heterocycles. The maximum Gasteiger partial charge on any atom is 0.336 e. The molecule has 4 rings (SSSR count). The number of aliphatic carboxylic acids is 2. The van der Waals surface area contributed by atoms with Gasteiger partial charge in [0.25, 0.3) is 12.4 Å². The first kappa shape index (κ1) is 30.8. The average Bonchev–Trinajstić information content (AvgIpc) is 3.41. The number of amides is 1. The quantitative estimate of drug-likeness (QED) is 0.299. The Bertz CT molecular complexity index is 1370. The lowest BCUT2D eigenvalue weighted by atomic mass is 9.85. The summed E-state index contributed by atoms with van der Waals surface area (Å²) in [6.07, 6.45) is -2.30. The van der Waals surface area contributed by atoms with Gasteiger partial charge in [0.15, 0.2) is 12.2 Å². The molecule has 1 amide bonds. The number of hydrogen-bond donors (Lipinski definition) is 2. The van der Waals surface area contributed by atoms with Crippen LogP contribution in [-0.4, -0.2) is 70.8 Å². The van der Waals surface area contributed by atoms with Gasteiger partial charge in [0, 0.05) is 24.1 Å². The lowest BCUT2D eigenvalue weighted by Crippen LogP contribution is -2.52. The number of hydrogen-bond acceptors (Lipinski definition) is 6. The molecule has 10 heteroatoms. The second-order valence-electron chi connectivity index (χ2n) is 10.0. The molecule has 0 spiro atoms. The summed E-state index contributed by atoms with van der Waals surface area (Å²) < 4.78 is 31.5. The monoisotopic (exact) mass is 579 g/mol. The molecule has 222 valence electrons. The van der Waals surface area contributed by atoms with E-state index in [0.29, 0.717) is 29.5 Å². The van der Waals surface area contributed by atoms with Crippen molar-refractivity contribution in [2.75, 3.05) is 13.2 Å². The van der Waals surface area contributed by atoms with Gasteiger partial charge in [0.05, 0.1) is 0 Å². The fourth-order valence-corrected chi connectivity index (χ4v) is 5.22. The minimum absolute atomic E-state index is 0.138. The molecule has 5 atom stereocenters. The van der Waals surface area contributed by atoms with Gasteiger partial charge in [-0.25, -0.2) is 9.18 Å². The van der Waals surface area contributed by atoms with E-state index in [1.165, 1.54) is 6.07 Å². The fourth-order valence-electron chi connectivity index (χ4n) is 5.22. The van der Waals surface area contributed by atoms with Gasteiger partial charge in [-0.15, -0.1) is 0 Å². The highest BCUT2D eigenvalue weighted by molar-refractivity contribution is 5.90. The Morgan fingerprint density at radius 3 is 2.19 bits per heavy atom. The molecule has 2 N–H and O–H groups in total. The van der Waals surface area contributed by atoms with E-state index in [0.717, 1.165) is 10.5 Å². The normalized spacial score (nSPS) is 19.6. The number of carbonyl (C=O) groups excluding carboxylic acids is 1. The predicted molar refractivity (Wildman–Crippen MR) is 151 cm³/mol. The molecule has 0 radical (unpaired) electrons. The smallest absolute Gasteiger partial charge is 0.336 e. The van der Waals surface area contributed by atoms with Crippen LogP contribution >= 0.6 is 0 Å². The summed E-state index contributed by atoms with van der Waals surface area (Å²) in [6.45, 7) is 1.35. The zero-order valence-electron chi connectivity index (χ0n) is 23.4. The molecule has 9 nitrogen and oxygen atoms in total. The molecule has 1 aliphatic rings. The number of carboxylic acids is 2. The van der Waals surface area contributed by atoms with Crippen LogP contribution in [0.3, 0.4) is 0 Å². The molecule has 0 aromatic heterocycles. The Morgan fingerprint density at radius 2 is 1.60 bits per heavy atom. The average molecular weight is 580 g/mol. The largest absolute Gasteiger partial charge is 0.480 e. The van der Waals surface area contributed by atoms with E-state index in [1.807, 2.05) is 48.5 Å². The molecule has 1 fully saturated rings. The summed E-state index contributed by atoms with van der Waals surface area (Å²) in [6, 6.07) is 22.8. The van der Waals surface area contributed by atoms with E-state index < -0.39 is 60.9 Å². The Hall–Kier alpha value is -4.12. The Kier molecular flexibility index (Phi) is 10.4. The third-order valence-electron chi connectivity index (χ3n) is 7.34. The maximum atomic E-state index is 15.5. The molecule has 42 heavy (non-hydrogen) atoms. The van der Waals surface area contributed by atoms with Crippen LogP contribution in [0.15, 0.2) is 78.9 Å². The number of benzene rings is 3. The lowest BCUT2D eigenvalue weighted by molar-refractivity contribution is -0.241. The number of aryl methyl sites for hydroxylation is 1. The van der Waals surface area contributed by atoms with E-state index in [2.05, 4.69) is 0 Å². The SMILES string of the molecule is CCOC1OC(C(=O)O)C(C(=O)N(CC(=O)O)C(C)C(CCc2ccccc2)c2ccc(-c3ccccc3)c(F)c2)O1. The Labute approximate surface area is 243 Å². The van der Waals surface area contributed by atoms with Crippen molar-refractivity contribution in [1.29, 1.82) is 0 Å². The molecule has 1 saturated heterocycles. The number of halogens is 1. The van der Waals surface area contributed by atoms with Crippen LogP contribution in [0.25, 0.3) is 11.1 Å². The summed E-state index contributed by atoms with van der Waals surface area (Å²) >= 11 is 0. The Morgan fingerprint density at radius 1 is 0.952 bits per heavy atom. The number of nitrogens with zero attached hydrogens (tertiary/aromatic N) is 1. The highest BCUT2D eigenvalue weighted by atomic mass is 19.1. The second kappa shape index (κ2) is 14.2. The summed E-state index contributed by atoms with van der Waals surface area (Å²) in [5.74, 6) is -4.58. The molecule has 3 aromatic rings. The molecule has 1 aliphatic heterocycles. The Balaban J connectivity index is 1.69. The van der Waals surface area contributed by atoms with Gasteiger partial charge in [-0.1, -0.05) is 72.8 Å². The summed E-state index contributed by atoms with van der Waals surface area (Å²) in [7, 11) is 0. The van der Waals surface area contributed by atoms with E-state index in [-0.39, 0.29) is 6.61 Å². The van der Waals surface area contributed by atoms with E-state index in [9.17, 15) is 24.6 Å². The number of ether oxygens (including phenoxy) is 3. The predicted octanol–water partition coefficient (Wildman–Crippen LogP) is 4.70. The zero-order chi connectivity index (χ0) is 30.2. The van der Waals surface area contributed by atoms with Crippen molar-refractivity contribution >= 4 is 17.8 Å². The van der Waals surface area contributed by atoms with Gasteiger partial charge >= 0.3 is 11.9 Å². The third kappa shape index (κ3) is 7.39. The zero-order valence-corrected chi connectivity index (χ0v) is 23.4. The van der Waals surface area contributed by atoms with Crippen molar-refractivity contribution in [2.24, 2.45) is 0 Å². The first-order valence-electron chi connectivity index (χ1n) is 13.8. The van der Waals surface area contributed by atoms with Gasteiger partial charge in [-0.2, -0.15) is 0 Å². The van der Waals surface area contributed by atoms with Crippen LogP contribution < -0.4 is 0 Å². The van der Waals surface area contributed by atoms with Crippen LogP contribution in [-0.2, 0) is 35.0 Å². The molecule has 0 saturated carbocycles. The maximum absolute atomic E-state index is 15.5. The number of rotatable bonds is 13. The minimum atomic E-state index is -1.69. The van der Waals surface area contributed by atoms with Crippen molar-refractivity contribution in [3.8, 4) is 11.1 Å². The first-order chi connectivity index (χ1) is 20.2. The van der Waals surface area contributed by atoms with Crippen LogP contribution in [0.2, 0.25) is 0 Å². The topological polar surface area (TPSA) is 123 Å². The third-order valence-corrected chi connectivity index (χ3v) is 7.34.